The van der Waals surface area contributed by atoms with Gasteiger partial charge in [0, 0.05) is 22.2 Å². The molecule has 0 unspecified atom stereocenters. The topological polar surface area (TPSA) is 40.2 Å². The van der Waals surface area contributed by atoms with Crippen LogP contribution in [0.2, 0.25) is 10.0 Å². The third-order valence-electron chi connectivity index (χ3n) is 3.25. The first-order chi connectivity index (χ1) is 10.1. The number of anilines is 1. The number of H-pyrrole nitrogens is 1. The molecule has 0 aliphatic heterocycles. The summed E-state index contributed by atoms with van der Waals surface area (Å²) in [6, 6.07) is 13.4. The second-order valence-corrected chi connectivity index (χ2v) is 5.52. The molecular weight excluding hydrogens is 305 g/mol. The van der Waals surface area contributed by atoms with E-state index in [1.54, 1.807) is 18.3 Å². The molecule has 0 spiro atoms. The largest absolute Gasteiger partial charge is 0.358 e. The van der Waals surface area contributed by atoms with Gasteiger partial charge in [-0.3, -0.25) is 5.43 Å². The maximum atomic E-state index is 5.97. The Labute approximate surface area is 132 Å². The zero-order valence-electron chi connectivity index (χ0n) is 11.3. The molecule has 0 saturated carbocycles. The molecule has 3 aromatic rings. The normalized spacial score (nSPS) is 11.4. The molecule has 2 aromatic carbocycles. The number of rotatable bonds is 3. The first-order valence-corrected chi connectivity index (χ1v) is 7.22. The molecular formula is C16H13Cl2N3. The van der Waals surface area contributed by atoms with Crippen LogP contribution in [0.1, 0.15) is 11.3 Å². The summed E-state index contributed by atoms with van der Waals surface area (Å²) in [4.78, 5) is 3.33. The van der Waals surface area contributed by atoms with Crippen molar-refractivity contribution in [3.63, 3.8) is 0 Å². The summed E-state index contributed by atoms with van der Waals surface area (Å²) in [6.45, 7) is 2.03. The Morgan fingerprint density at radius 1 is 1.10 bits per heavy atom. The third-order valence-corrected chi connectivity index (χ3v) is 3.99. The van der Waals surface area contributed by atoms with E-state index in [9.17, 15) is 0 Å². The monoisotopic (exact) mass is 317 g/mol. The quantitative estimate of drug-likeness (QED) is 0.504. The smallest absolute Gasteiger partial charge is 0.0613 e. The number of halogens is 2. The van der Waals surface area contributed by atoms with Crippen LogP contribution in [0.15, 0.2) is 47.6 Å². The van der Waals surface area contributed by atoms with E-state index in [-0.39, 0.29) is 0 Å². The van der Waals surface area contributed by atoms with Crippen LogP contribution in [0.4, 0.5) is 5.69 Å². The van der Waals surface area contributed by atoms with Crippen molar-refractivity contribution in [1.82, 2.24) is 4.98 Å². The van der Waals surface area contributed by atoms with Crippen molar-refractivity contribution in [2.24, 2.45) is 5.10 Å². The molecule has 1 aromatic heterocycles. The molecule has 0 amide bonds. The molecule has 21 heavy (non-hydrogen) atoms. The first kappa shape index (κ1) is 14.0. The highest BCUT2D eigenvalue weighted by atomic mass is 35.5. The standard InChI is InChI=1S/C16H13Cl2N3/c1-10-13(12-4-2-3-5-16(12)20-10)9-19-21-11-6-7-14(17)15(18)8-11/h2-9,20-21H,1H3/b19-9+. The van der Waals surface area contributed by atoms with Gasteiger partial charge in [0.25, 0.3) is 0 Å². The summed E-state index contributed by atoms with van der Waals surface area (Å²) in [6.07, 6.45) is 1.80. The molecule has 106 valence electrons. The molecule has 2 N–H and O–H groups in total. The first-order valence-electron chi connectivity index (χ1n) is 6.46. The minimum atomic E-state index is 0.500. The average molecular weight is 318 g/mol. The minimum absolute atomic E-state index is 0.500. The van der Waals surface area contributed by atoms with Crippen molar-refractivity contribution < 1.29 is 0 Å². The van der Waals surface area contributed by atoms with Gasteiger partial charge < -0.3 is 4.98 Å². The van der Waals surface area contributed by atoms with Gasteiger partial charge in [-0.05, 0) is 31.2 Å². The highest BCUT2D eigenvalue weighted by Crippen LogP contribution is 2.25. The van der Waals surface area contributed by atoms with Crippen LogP contribution in [-0.2, 0) is 0 Å². The van der Waals surface area contributed by atoms with Crippen LogP contribution in [0.25, 0.3) is 10.9 Å². The number of benzene rings is 2. The highest BCUT2D eigenvalue weighted by Gasteiger charge is 2.05. The van der Waals surface area contributed by atoms with E-state index in [0.29, 0.717) is 10.0 Å². The molecule has 5 heteroatoms. The van der Waals surface area contributed by atoms with E-state index < -0.39 is 0 Å². The number of nitrogens with one attached hydrogen (secondary N) is 2. The zero-order valence-corrected chi connectivity index (χ0v) is 12.8. The SMILES string of the molecule is Cc1[nH]c2ccccc2c1/C=N/Nc1ccc(Cl)c(Cl)c1. The van der Waals surface area contributed by atoms with E-state index in [1.165, 1.54) is 0 Å². The molecule has 1 heterocycles. The van der Waals surface area contributed by atoms with Gasteiger partial charge in [0.2, 0.25) is 0 Å². The lowest BCUT2D eigenvalue weighted by molar-refractivity contribution is 1.28. The Morgan fingerprint density at radius 2 is 1.90 bits per heavy atom. The number of para-hydroxylation sites is 1. The lowest BCUT2D eigenvalue weighted by atomic mass is 10.1. The number of nitrogens with zero attached hydrogens (tertiary/aromatic N) is 1. The van der Waals surface area contributed by atoms with Crippen molar-refractivity contribution >= 4 is 46.0 Å². The van der Waals surface area contributed by atoms with Gasteiger partial charge >= 0.3 is 0 Å². The van der Waals surface area contributed by atoms with E-state index in [2.05, 4.69) is 21.6 Å². The number of hydrazone groups is 1. The Balaban J connectivity index is 1.84. The lowest BCUT2D eigenvalue weighted by Gasteiger charge is -2.02. The Kier molecular flexibility index (Phi) is 3.86. The van der Waals surface area contributed by atoms with E-state index in [1.807, 2.05) is 31.2 Å². The Bertz CT molecular complexity index is 822. The predicted molar refractivity (Wildman–Crippen MR) is 90.7 cm³/mol. The number of fused-ring (bicyclic) bond motifs is 1. The highest BCUT2D eigenvalue weighted by molar-refractivity contribution is 6.42. The number of hydrogen-bond acceptors (Lipinski definition) is 2. The number of aryl methyl sites for hydroxylation is 1. The molecule has 0 fully saturated rings. The Morgan fingerprint density at radius 3 is 2.71 bits per heavy atom. The van der Waals surface area contributed by atoms with Gasteiger partial charge in [-0.25, -0.2) is 0 Å². The summed E-state index contributed by atoms with van der Waals surface area (Å²) in [5, 5.41) is 6.44. The number of hydrogen-bond donors (Lipinski definition) is 2. The van der Waals surface area contributed by atoms with Crippen molar-refractivity contribution in [3.05, 3.63) is 63.8 Å². The fraction of sp³-hybridized carbons (Fsp3) is 0.0625. The van der Waals surface area contributed by atoms with Crippen LogP contribution in [0, 0.1) is 6.92 Å². The second kappa shape index (κ2) is 5.80. The molecule has 0 atom stereocenters. The molecule has 0 radical (unpaired) electrons. The minimum Gasteiger partial charge on any atom is -0.358 e. The van der Waals surface area contributed by atoms with Crippen molar-refractivity contribution in [2.75, 3.05) is 5.43 Å². The van der Waals surface area contributed by atoms with Crippen LogP contribution in [-0.4, -0.2) is 11.2 Å². The van der Waals surface area contributed by atoms with Gasteiger partial charge in [0.05, 0.1) is 21.9 Å². The average Bonchev–Trinajstić information content (AvgIpc) is 2.79. The van der Waals surface area contributed by atoms with E-state index >= 15 is 0 Å². The van der Waals surface area contributed by atoms with Gasteiger partial charge in [-0.2, -0.15) is 5.10 Å². The van der Waals surface area contributed by atoms with Crippen molar-refractivity contribution in [1.29, 1.82) is 0 Å². The fourth-order valence-corrected chi connectivity index (χ4v) is 2.50. The molecule has 0 saturated heterocycles. The van der Waals surface area contributed by atoms with Crippen LogP contribution in [0.5, 0.6) is 0 Å². The summed E-state index contributed by atoms with van der Waals surface area (Å²) in [7, 11) is 0. The van der Waals surface area contributed by atoms with Crippen LogP contribution < -0.4 is 5.43 Å². The maximum absolute atomic E-state index is 5.97. The molecule has 3 rings (SSSR count). The van der Waals surface area contributed by atoms with Crippen molar-refractivity contribution in [3.8, 4) is 0 Å². The van der Waals surface area contributed by atoms with E-state index in [4.69, 9.17) is 23.2 Å². The van der Waals surface area contributed by atoms with Gasteiger partial charge in [0.15, 0.2) is 0 Å². The van der Waals surface area contributed by atoms with Crippen molar-refractivity contribution in [2.45, 2.75) is 6.92 Å². The van der Waals surface area contributed by atoms with Crippen LogP contribution >= 0.6 is 23.2 Å². The fourth-order valence-electron chi connectivity index (χ4n) is 2.20. The van der Waals surface area contributed by atoms with Gasteiger partial charge in [0.1, 0.15) is 0 Å². The Hall–Kier alpha value is -1.97. The molecule has 0 aliphatic rings. The molecule has 0 bridgehead atoms. The summed E-state index contributed by atoms with van der Waals surface area (Å²) < 4.78 is 0. The third kappa shape index (κ3) is 2.89. The maximum Gasteiger partial charge on any atom is 0.0613 e. The summed E-state index contributed by atoms with van der Waals surface area (Å²) in [5.41, 5.74) is 7.00. The summed E-state index contributed by atoms with van der Waals surface area (Å²) in [5.74, 6) is 0. The zero-order chi connectivity index (χ0) is 14.8. The van der Waals surface area contributed by atoms with Gasteiger partial charge in [-0.15, -0.1) is 0 Å². The molecule has 0 aliphatic carbocycles. The van der Waals surface area contributed by atoms with E-state index in [0.717, 1.165) is 27.8 Å². The summed E-state index contributed by atoms with van der Waals surface area (Å²) >= 11 is 11.8. The molecule has 3 nitrogen and oxygen atoms in total. The van der Waals surface area contributed by atoms with Crippen LogP contribution in [0.3, 0.4) is 0 Å². The second-order valence-electron chi connectivity index (χ2n) is 4.71. The number of aromatic amines is 1. The predicted octanol–water partition coefficient (Wildman–Crippen LogP) is 5.23. The van der Waals surface area contributed by atoms with Gasteiger partial charge in [-0.1, -0.05) is 41.4 Å². The number of aromatic nitrogens is 1. The lowest BCUT2D eigenvalue weighted by Crippen LogP contribution is -1.91.